The van der Waals surface area contributed by atoms with Gasteiger partial charge in [0.25, 0.3) is 0 Å². The highest BCUT2D eigenvalue weighted by atomic mass is 16.4. The molecule has 1 fully saturated rings. The van der Waals surface area contributed by atoms with E-state index in [1.165, 1.54) is 0 Å². The van der Waals surface area contributed by atoms with Crippen LogP contribution < -0.4 is 0 Å². The maximum Gasteiger partial charge on any atom is 0.314 e. The van der Waals surface area contributed by atoms with Gasteiger partial charge < -0.3 is 5.11 Å². The second-order valence-electron chi connectivity index (χ2n) is 5.60. The zero-order valence-corrected chi connectivity index (χ0v) is 9.95. The molecule has 86 valence electrons. The zero-order chi connectivity index (χ0) is 12.0. The third kappa shape index (κ3) is 1.70. The van der Waals surface area contributed by atoms with Gasteiger partial charge in [-0.2, -0.15) is 0 Å². The van der Waals surface area contributed by atoms with E-state index < -0.39 is 11.4 Å². The largest absolute Gasteiger partial charge is 0.481 e. The van der Waals surface area contributed by atoms with Crippen molar-refractivity contribution in [2.45, 2.75) is 44.4 Å². The lowest BCUT2D eigenvalue weighted by molar-refractivity contribution is -0.140. The molecule has 1 aliphatic carbocycles. The number of carboxylic acid groups (broad SMARTS) is 1. The number of hydrogen-bond donors (Lipinski definition) is 1. The second-order valence-corrected chi connectivity index (χ2v) is 5.60. The Morgan fingerprint density at radius 1 is 1.38 bits per heavy atom. The van der Waals surface area contributed by atoms with Gasteiger partial charge in [-0.05, 0) is 29.4 Å². The Kier molecular flexibility index (Phi) is 2.30. The minimum Gasteiger partial charge on any atom is -0.481 e. The molecule has 3 heteroatoms. The van der Waals surface area contributed by atoms with E-state index in [1.54, 1.807) is 6.20 Å². The highest BCUT2D eigenvalue weighted by Crippen LogP contribution is 2.48. The molecular weight excluding hydrogens is 202 g/mol. The normalized spacial score (nSPS) is 18.2. The summed E-state index contributed by atoms with van der Waals surface area (Å²) in [5, 5.41) is 9.22. The molecule has 1 heterocycles. The topological polar surface area (TPSA) is 50.2 Å². The highest BCUT2D eigenvalue weighted by Gasteiger charge is 2.52. The number of pyridine rings is 1. The predicted molar refractivity (Wildman–Crippen MR) is 61.5 cm³/mol. The van der Waals surface area contributed by atoms with Crippen LogP contribution in [0.5, 0.6) is 0 Å². The van der Waals surface area contributed by atoms with E-state index in [2.05, 4.69) is 25.8 Å². The van der Waals surface area contributed by atoms with Crippen LogP contribution >= 0.6 is 0 Å². The van der Waals surface area contributed by atoms with Crippen LogP contribution in [-0.4, -0.2) is 16.1 Å². The summed E-state index contributed by atoms with van der Waals surface area (Å²) >= 11 is 0. The van der Waals surface area contributed by atoms with Gasteiger partial charge >= 0.3 is 5.97 Å². The summed E-state index contributed by atoms with van der Waals surface area (Å²) in [5.41, 5.74) is 1.32. The van der Waals surface area contributed by atoms with Crippen molar-refractivity contribution >= 4 is 5.97 Å². The number of carboxylic acids is 1. The van der Waals surface area contributed by atoms with E-state index >= 15 is 0 Å². The van der Waals surface area contributed by atoms with Gasteiger partial charge in [0.2, 0.25) is 0 Å². The molecule has 0 aromatic carbocycles. The van der Waals surface area contributed by atoms with Gasteiger partial charge in [0.1, 0.15) is 0 Å². The minimum absolute atomic E-state index is 0.0115. The fraction of sp³-hybridized carbons (Fsp3) is 0.538. The van der Waals surface area contributed by atoms with Crippen molar-refractivity contribution in [2.75, 3.05) is 0 Å². The molecule has 0 atom stereocenters. The van der Waals surface area contributed by atoms with Gasteiger partial charge in [0.15, 0.2) is 0 Å². The van der Waals surface area contributed by atoms with Crippen molar-refractivity contribution in [3.8, 4) is 0 Å². The second kappa shape index (κ2) is 3.30. The summed E-state index contributed by atoms with van der Waals surface area (Å²) in [5.74, 6) is -0.722. The Morgan fingerprint density at radius 2 is 2.00 bits per heavy atom. The molecular formula is C13H17NO2. The molecule has 1 saturated carbocycles. The highest BCUT2D eigenvalue weighted by molar-refractivity contribution is 5.84. The summed E-state index contributed by atoms with van der Waals surface area (Å²) in [4.78, 5) is 15.4. The molecule has 2 rings (SSSR count). The first-order chi connectivity index (χ1) is 7.36. The first kappa shape index (κ1) is 11.1. The molecule has 1 aromatic heterocycles. The lowest BCUT2D eigenvalue weighted by atomic mass is 9.85. The average molecular weight is 219 g/mol. The average Bonchev–Trinajstić information content (AvgIpc) is 2.97. The van der Waals surface area contributed by atoms with Crippen LogP contribution in [0.4, 0.5) is 0 Å². The Morgan fingerprint density at radius 3 is 2.44 bits per heavy atom. The fourth-order valence-electron chi connectivity index (χ4n) is 1.86. The number of nitrogens with zero attached hydrogens (tertiary/aromatic N) is 1. The molecule has 1 N–H and O–H groups in total. The van der Waals surface area contributed by atoms with E-state index in [4.69, 9.17) is 0 Å². The van der Waals surface area contributed by atoms with Crippen molar-refractivity contribution in [3.05, 3.63) is 29.6 Å². The van der Waals surface area contributed by atoms with Gasteiger partial charge in [-0.3, -0.25) is 9.78 Å². The third-order valence-corrected chi connectivity index (χ3v) is 3.32. The molecule has 0 aliphatic heterocycles. The zero-order valence-electron chi connectivity index (χ0n) is 9.95. The summed E-state index contributed by atoms with van der Waals surface area (Å²) < 4.78 is 0. The molecule has 0 amide bonds. The quantitative estimate of drug-likeness (QED) is 0.831. The predicted octanol–water partition coefficient (Wildman–Crippen LogP) is 2.50. The van der Waals surface area contributed by atoms with Crippen molar-refractivity contribution < 1.29 is 9.90 Å². The molecule has 0 saturated heterocycles. The number of aromatic nitrogens is 1. The van der Waals surface area contributed by atoms with Crippen LogP contribution in [0.3, 0.4) is 0 Å². The minimum atomic E-state index is -0.722. The number of aliphatic carboxylic acids is 1. The molecule has 0 radical (unpaired) electrons. The molecule has 1 aliphatic rings. The van der Waals surface area contributed by atoms with E-state index in [0.717, 1.165) is 24.0 Å². The maximum absolute atomic E-state index is 11.2. The van der Waals surface area contributed by atoms with E-state index in [0.29, 0.717) is 0 Å². The van der Waals surface area contributed by atoms with Gasteiger partial charge in [-0.1, -0.05) is 26.8 Å². The van der Waals surface area contributed by atoms with Gasteiger partial charge in [0.05, 0.1) is 5.41 Å². The maximum atomic E-state index is 11.2. The molecule has 0 spiro atoms. The van der Waals surface area contributed by atoms with E-state index in [9.17, 15) is 9.90 Å². The molecule has 3 nitrogen and oxygen atoms in total. The van der Waals surface area contributed by atoms with E-state index in [1.807, 2.05) is 12.3 Å². The smallest absolute Gasteiger partial charge is 0.314 e. The van der Waals surface area contributed by atoms with Crippen molar-refractivity contribution in [1.82, 2.24) is 4.98 Å². The summed E-state index contributed by atoms with van der Waals surface area (Å²) in [6, 6.07) is 1.99. The Labute approximate surface area is 95.5 Å². The standard InChI is InChI=1S/C13H17NO2/c1-12(2,3)9-6-10(8-14-7-9)13(4-5-13)11(15)16/h6-8H,4-5H2,1-3H3,(H,15,16). The number of rotatable bonds is 2. The SMILES string of the molecule is CC(C)(C)c1cncc(C2(C(=O)O)CC2)c1. The van der Waals surface area contributed by atoms with Crippen molar-refractivity contribution in [2.24, 2.45) is 0 Å². The van der Waals surface area contributed by atoms with Gasteiger partial charge in [0, 0.05) is 12.4 Å². The summed E-state index contributed by atoms with van der Waals surface area (Å²) in [6.07, 6.45) is 4.98. The molecule has 0 bridgehead atoms. The number of carbonyl (C=O) groups is 1. The summed E-state index contributed by atoms with van der Waals surface area (Å²) in [7, 11) is 0. The van der Waals surface area contributed by atoms with Crippen LogP contribution in [0.25, 0.3) is 0 Å². The van der Waals surface area contributed by atoms with Crippen molar-refractivity contribution in [3.63, 3.8) is 0 Å². The van der Waals surface area contributed by atoms with Gasteiger partial charge in [-0.25, -0.2) is 0 Å². The van der Waals surface area contributed by atoms with Crippen LogP contribution in [0.15, 0.2) is 18.5 Å². The van der Waals surface area contributed by atoms with Crippen LogP contribution in [-0.2, 0) is 15.6 Å². The van der Waals surface area contributed by atoms with Crippen LogP contribution in [0.2, 0.25) is 0 Å². The number of hydrogen-bond acceptors (Lipinski definition) is 2. The molecule has 0 unspecified atom stereocenters. The van der Waals surface area contributed by atoms with Crippen LogP contribution in [0.1, 0.15) is 44.7 Å². The molecule has 1 aromatic rings. The third-order valence-electron chi connectivity index (χ3n) is 3.32. The van der Waals surface area contributed by atoms with Crippen LogP contribution in [0, 0.1) is 0 Å². The lowest BCUT2D eigenvalue weighted by Crippen LogP contribution is -2.21. The Balaban J connectivity index is 2.41. The van der Waals surface area contributed by atoms with E-state index in [-0.39, 0.29) is 5.41 Å². The lowest BCUT2D eigenvalue weighted by Gasteiger charge is -2.20. The Hall–Kier alpha value is -1.38. The summed E-state index contributed by atoms with van der Waals surface area (Å²) in [6.45, 7) is 6.32. The van der Waals surface area contributed by atoms with Crippen molar-refractivity contribution in [1.29, 1.82) is 0 Å². The molecule has 16 heavy (non-hydrogen) atoms. The Bertz CT molecular complexity index is 428. The fourth-order valence-corrected chi connectivity index (χ4v) is 1.86. The van der Waals surface area contributed by atoms with Gasteiger partial charge in [-0.15, -0.1) is 0 Å². The first-order valence-corrected chi connectivity index (χ1v) is 5.56. The monoisotopic (exact) mass is 219 g/mol. The first-order valence-electron chi connectivity index (χ1n) is 5.56.